The second-order valence-corrected chi connectivity index (χ2v) is 13.3. The molecule has 2 saturated heterocycles. The van der Waals surface area contributed by atoms with Crippen molar-refractivity contribution in [2.24, 2.45) is 0 Å². The van der Waals surface area contributed by atoms with E-state index in [4.69, 9.17) is 26.1 Å². The van der Waals surface area contributed by atoms with E-state index in [9.17, 15) is 10.1 Å². The first kappa shape index (κ1) is 31.7. The van der Waals surface area contributed by atoms with Gasteiger partial charge in [-0.2, -0.15) is 15.2 Å². The molecule has 0 spiro atoms. The molecular formula is C34H37ClFN7O3. The van der Waals surface area contributed by atoms with Crippen molar-refractivity contribution >= 4 is 45.2 Å². The van der Waals surface area contributed by atoms with Gasteiger partial charge in [-0.3, -0.25) is 4.98 Å². The van der Waals surface area contributed by atoms with Crippen LogP contribution in [0, 0.1) is 17.1 Å². The summed E-state index contributed by atoms with van der Waals surface area (Å²) in [5.74, 6) is -0.183. The van der Waals surface area contributed by atoms with Gasteiger partial charge < -0.3 is 24.2 Å². The van der Waals surface area contributed by atoms with Crippen LogP contribution in [0.1, 0.15) is 40.0 Å². The number of aromatic nitrogens is 3. The lowest BCUT2D eigenvalue weighted by Gasteiger charge is -2.41. The van der Waals surface area contributed by atoms with Gasteiger partial charge in [0, 0.05) is 47.8 Å². The lowest BCUT2D eigenvalue weighted by molar-refractivity contribution is 0.0145. The van der Waals surface area contributed by atoms with Gasteiger partial charge in [0.2, 0.25) is 0 Å². The zero-order valence-electron chi connectivity index (χ0n) is 26.5. The van der Waals surface area contributed by atoms with Crippen LogP contribution in [0.25, 0.3) is 32.9 Å². The fourth-order valence-electron chi connectivity index (χ4n) is 6.26. The van der Waals surface area contributed by atoms with E-state index in [1.54, 1.807) is 44.0 Å². The molecule has 2 aliphatic rings. The number of rotatable bonds is 6. The maximum atomic E-state index is 16.7. The van der Waals surface area contributed by atoms with E-state index in [0.717, 1.165) is 24.8 Å². The number of anilines is 1. The Morgan fingerprint density at radius 3 is 2.63 bits per heavy atom. The summed E-state index contributed by atoms with van der Waals surface area (Å²) in [7, 11) is 2.06. The number of hydrogen-bond donors (Lipinski definition) is 0. The fourth-order valence-corrected chi connectivity index (χ4v) is 6.54. The van der Waals surface area contributed by atoms with Crippen LogP contribution in [0.3, 0.4) is 0 Å². The number of fused-ring (bicyclic) bond motifs is 2. The van der Waals surface area contributed by atoms with Gasteiger partial charge in [-0.15, -0.1) is 0 Å². The number of piperazine rings is 1. The molecule has 0 bridgehead atoms. The number of carbonyl (C=O) groups excluding carboxylic acids is 1. The molecule has 240 valence electrons. The van der Waals surface area contributed by atoms with Crippen LogP contribution >= 0.6 is 11.6 Å². The van der Waals surface area contributed by atoms with Crippen LogP contribution in [0.5, 0.6) is 6.01 Å². The molecule has 2 aromatic heterocycles. The number of amides is 1. The predicted octanol–water partition coefficient (Wildman–Crippen LogP) is 6.45. The van der Waals surface area contributed by atoms with Crippen LogP contribution < -0.4 is 9.64 Å². The van der Waals surface area contributed by atoms with E-state index in [-0.39, 0.29) is 42.8 Å². The van der Waals surface area contributed by atoms with Crippen molar-refractivity contribution in [1.29, 1.82) is 5.26 Å². The summed E-state index contributed by atoms with van der Waals surface area (Å²) in [6.07, 6.45) is 3.26. The molecule has 4 heterocycles. The van der Waals surface area contributed by atoms with Gasteiger partial charge in [0.05, 0.1) is 23.9 Å². The van der Waals surface area contributed by atoms with Gasteiger partial charge in [0.1, 0.15) is 29.2 Å². The number of pyridine rings is 1. The molecule has 1 amide bonds. The second kappa shape index (κ2) is 12.9. The second-order valence-electron chi connectivity index (χ2n) is 12.9. The minimum absolute atomic E-state index is 0.0567. The molecule has 6 rings (SSSR count). The Morgan fingerprint density at radius 1 is 1.13 bits per heavy atom. The number of likely N-dealkylation sites (tertiary alicyclic amines) is 1. The third-order valence-corrected chi connectivity index (χ3v) is 8.88. The summed E-state index contributed by atoms with van der Waals surface area (Å²) in [4.78, 5) is 32.7. The number of benzene rings is 2. The molecule has 0 unspecified atom stereocenters. The Kier molecular flexibility index (Phi) is 8.86. The molecule has 2 atom stereocenters. The van der Waals surface area contributed by atoms with E-state index in [1.807, 2.05) is 29.2 Å². The largest absolute Gasteiger partial charge is 0.462 e. The summed E-state index contributed by atoms with van der Waals surface area (Å²) in [6, 6.07) is 13.1. The monoisotopic (exact) mass is 645 g/mol. The molecule has 46 heavy (non-hydrogen) atoms. The number of likely N-dealkylation sites (N-methyl/N-ethyl adjacent to an activating group) is 1. The number of halogens is 2. The summed E-state index contributed by atoms with van der Waals surface area (Å²) in [6.45, 7) is 7.71. The fraction of sp³-hybridized carbons (Fsp3) is 0.441. The number of nitriles is 1. The normalized spacial score (nSPS) is 19.1. The quantitative estimate of drug-likeness (QED) is 0.234. The Balaban J connectivity index is 1.42. The molecule has 10 nitrogen and oxygen atoms in total. The first-order valence-electron chi connectivity index (χ1n) is 15.5. The molecule has 2 fully saturated rings. The minimum atomic E-state index is -0.677. The smallest absolute Gasteiger partial charge is 0.410 e. The van der Waals surface area contributed by atoms with Crippen molar-refractivity contribution in [3.05, 3.63) is 53.4 Å². The SMILES string of the molecule is CN1CCC[C@@H]1COc1nc(N2CCN(C(=O)OC(C)(C)C)[C@@H](CC#N)C2)c2cnc(-c3cccc4cccc(Cl)c34)c(F)c2n1. The highest BCUT2D eigenvalue weighted by Gasteiger charge is 2.35. The first-order chi connectivity index (χ1) is 22.0. The van der Waals surface area contributed by atoms with Crippen molar-refractivity contribution in [2.75, 3.05) is 44.7 Å². The predicted molar refractivity (Wildman–Crippen MR) is 176 cm³/mol. The molecule has 12 heteroatoms. The van der Waals surface area contributed by atoms with Crippen LogP contribution in [0.15, 0.2) is 42.6 Å². The van der Waals surface area contributed by atoms with Crippen LogP contribution in [0.4, 0.5) is 15.0 Å². The van der Waals surface area contributed by atoms with E-state index < -0.39 is 23.6 Å². The Labute approximate surface area is 272 Å². The first-order valence-corrected chi connectivity index (χ1v) is 15.9. The Hall–Kier alpha value is -4.27. The lowest BCUT2D eigenvalue weighted by atomic mass is 10.0. The number of ether oxygens (including phenoxy) is 2. The number of nitrogens with zero attached hydrogens (tertiary/aromatic N) is 7. The standard InChI is InChI=1S/C34H37ClFN7O3/c1-34(2,3)46-33(44)43-17-16-42(19-22(43)13-14-37)31-25-18-38-29(24-11-5-8-21-9-6-12-26(35)27(21)24)28(36)30(25)39-32(40-31)45-20-23-10-7-15-41(23)4/h5-6,8-9,11-12,18,22-23H,7,10,13,15-17,19-20H2,1-4H3/t22-,23+/m0/s1. The molecule has 0 radical (unpaired) electrons. The van der Waals surface area contributed by atoms with E-state index in [1.165, 1.54) is 0 Å². The number of carbonyl (C=O) groups is 1. The van der Waals surface area contributed by atoms with Gasteiger partial charge in [0.15, 0.2) is 5.82 Å². The van der Waals surface area contributed by atoms with Crippen molar-refractivity contribution in [3.8, 4) is 23.3 Å². The topological polar surface area (TPSA) is 108 Å². The summed E-state index contributed by atoms with van der Waals surface area (Å²) < 4.78 is 28.4. The highest BCUT2D eigenvalue weighted by atomic mass is 35.5. The summed E-state index contributed by atoms with van der Waals surface area (Å²) in [5.41, 5.74) is 0.0655. The minimum Gasteiger partial charge on any atom is -0.462 e. The average molecular weight is 646 g/mol. The van der Waals surface area contributed by atoms with Crippen molar-refractivity contribution in [2.45, 2.75) is 57.7 Å². The molecule has 2 aliphatic heterocycles. The maximum Gasteiger partial charge on any atom is 0.410 e. The molecule has 2 aromatic carbocycles. The maximum absolute atomic E-state index is 16.7. The van der Waals surface area contributed by atoms with Crippen molar-refractivity contribution < 1.29 is 18.7 Å². The summed E-state index contributed by atoms with van der Waals surface area (Å²) >= 11 is 6.59. The molecule has 0 aliphatic carbocycles. The highest BCUT2D eigenvalue weighted by Crippen LogP contribution is 2.38. The van der Waals surface area contributed by atoms with Crippen LogP contribution in [0.2, 0.25) is 5.02 Å². The Bertz CT molecular complexity index is 1820. The van der Waals surface area contributed by atoms with Crippen LogP contribution in [-0.4, -0.2) is 88.4 Å². The van der Waals surface area contributed by atoms with E-state index in [0.29, 0.717) is 40.3 Å². The third kappa shape index (κ3) is 6.37. The number of hydrogen-bond acceptors (Lipinski definition) is 9. The molecule has 0 N–H and O–H groups in total. The Morgan fingerprint density at radius 2 is 1.91 bits per heavy atom. The van der Waals surface area contributed by atoms with Gasteiger partial charge in [-0.05, 0) is 58.7 Å². The highest BCUT2D eigenvalue weighted by molar-refractivity contribution is 6.36. The lowest BCUT2D eigenvalue weighted by Crippen LogP contribution is -2.56. The molecule has 4 aromatic rings. The van der Waals surface area contributed by atoms with Gasteiger partial charge in [-0.25, -0.2) is 9.18 Å². The molecule has 0 saturated carbocycles. The average Bonchev–Trinajstić information content (AvgIpc) is 3.43. The third-order valence-electron chi connectivity index (χ3n) is 8.57. The van der Waals surface area contributed by atoms with Crippen molar-refractivity contribution in [3.63, 3.8) is 0 Å². The molecular weight excluding hydrogens is 609 g/mol. The van der Waals surface area contributed by atoms with Gasteiger partial charge >= 0.3 is 12.1 Å². The summed E-state index contributed by atoms with van der Waals surface area (Å²) in [5, 5.41) is 12.1. The van der Waals surface area contributed by atoms with Crippen LogP contribution in [-0.2, 0) is 4.74 Å². The van der Waals surface area contributed by atoms with Crippen molar-refractivity contribution in [1.82, 2.24) is 24.8 Å². The van der Waals surface area contributed by atoms with E-state index >= 15 is 4.39 Å². The van der Waals surface area contributed by atoms with Gasteiger partial charge in [-0.1, -0.05) is 41.9 Å². The van der Waals surface area contributed by atoms with E-state index in [2.05, 4.69) is 28.0 Å². The zero-order valence-corrected chi connectivity index (χ0v) is 27.2. The zero-order chi connectivity index (χ0) is 32.6. The van der Waals surface area contributed by atoms with Gasteiger partial charge in [0.25, 0.3) is 0 Å².